The largest absolute Gasteiger partial charge is 0.332 e. The number of fused-ring (bicyclic) bond motifs is 4. The molecule has 1 aromatic heterocycles. The lowest BCUT2D eigenvalue weighted by Crippen LogP contribution is -2.42. The van der Waals surface area contributed by atoms with E-state index in [2.05, 4.69) is 9.88 Å². The molecule has 2 aliphatic carbocycles. The van der Waals surface area contributed by atoms with Crippen LogP contribution in [0.2, 0.25) is 0 Å². The molecule has 1 amide bonds. The second kappa shape index (κ2) is 5.82. The van der Waals surface area contributed by atoms with Crippen molar-refractivity contribution in [3.05, 3.63) is 23.3 Å². The lowest BCUT2D eigenvalue weighted by molar-refractivity contribution is -0.135. The minimum Gasteiger partial charge on any atom is -0.332 e. The van der Waals surface area contributed by atoms with E-state index in [1.807, 2.05) is 6.20 Å². The van der Waals surface area contributed by atoms with E-state index in [1.165, 1.54) is 49.8 Å². The third-order valence-electron chi connectivity index (χ3n) is 6.68. The molecule has 2 aliphatic heterocycles. The number of aromatic nitrogens is 2. The summed E-state index contributed by atoms with van der Waals surface area (Å²) < 4.78 is 0. The lowest BCUT2D eigenvalue weighted by atomic mass is 9.96. The van der Waals surface area contributed by atoms with Crippen molar-refractivity contribution in [3.8, 4) is 0 Å². The number of nitrogens with zero attached hydrogens (tertiary/aromatic N) is 3. The molecule has 128 valence electrons. The summed E-state index contributed by atoms with van der Waals surface area (Å²) in [5, 5.41) is 0. The lowest BCUT2D eigenvalue weighted by Gasteiger charge is -2.36. The molecule has 2 atom stereocenters. The van der Waals surface area contributed by atoms with Crippen LogP contribution in [-0.2, 0) is 11.2 Å². The van der Waals surface area contributed by atoms with Crippen LogP contribution in [0.3, 0.4) is 0 Å². The van der Waals surface area contributed by atoms with Gasteiger partial charge in [0, 0.05) is 36.6 Å². The average molecular weight is 325 g/mol. The second-order valence-electron chi connectivity index (χ2n) is 8.35. The van der Waals surface area contributed by atoms with Crippen molar-refractivity contribution in [1.29, 1.82) is 0 Å². The van der Waals surface area contributed by atoms with Crippen molar-refractivity contribution in [2.24, 2.45) is 5.92 Å². The van der Waals surface area contributed by atoms with Gasteiger partial charge in [0.15, 0.2) is 0 Å². The number of amides is 1. The van der Waals surface area contributed by atoms with Crippen LogP contribution in [0, 0.1) is 5.92 Å². The van der Waals surface area contributed by atoms with Crippen molar-refractivity contribution in [1.82, 2.24) is 14.9 Å². The van der Waals surface area contributed by atoms with Gasteiger partial charge in [0.1, 0.15) is 5.82 Å². The predicted octanol–water partition coefficient (Wildman–Crippen LogP) is 3.91. The van der Waals surface area contributed by atoms with E-state index in [4.69, 9.17) is 4.98 Å². The third-order valence-corrected chi connectivity index (χ3v) is 6.68. The first-order valence-electron chi connectivity index (χ1n) is 9.96. The molecule has 0 N–H and O–H groups in total. The standard InChI is InChI=1S/C20H27N3O/c24-19(10-5-13-3-1-2-4-13)23-15-8-9-18(23)16-12-21-20(14-6-7-14)22-17(16)11-15/h12-15,18H,1-11H2. The fourth-order valence-corrected chi connectivity index (χ4v) is 5.17. The molecule has 3 heterocycles. The Balaban J connectivity index is 1.32. The zero-order chi connectivity index (χ0) is 16.1. The van der Waals surface area contributed by atoms with Gasteiger partial charge in [0.2, 0.25) is 5.91 Å². The van der Waals surface area contributed by atoms with Gasteiger partial charge >= 0.3 is 0 Å². The Morgan fingerprint density at radius 3 is 2.75 bits per heavy atom. The summed E-state index contributed by atoms with van der Waals surface area (Å²) in [5.74, 6) is 2.84. The van der Waals surface area contributed by atoms with Gasteiger partial charge in [-0.3, -0.25) is 4.79 Å². The van der Waals surface area contributed by atoms with Crippen LogP contribution in [-0.4, -0.2) is 26.8 Å². The van der Waals surface area contributed by atoms with Crippen LogP contribution in [0.15, 0.2) is 6.20 Å². The molecule has 2 bridgehead atoms. The number of rotatable bonds is 4. The number of carbonyl (C=O) groups excluding carboxylic acids is 1. The molecule has 4 heteroatoms. The van der Waals surface area contributed by atoms with Crippen molar-refractivity contribution >= 4 is 5.91 Å². The summed E-state index contributed by atoms with van der Waals surface area (Å²) in [6.45, 7) is 0. The van der Waals surface area contributed by atoms with Gasteiger partial charge < -0.3 is 4.90 Å². The molecular weight excluding hydrogens is 298 g/mol. The van der Waals surface area contributed by atoms with Crippen LogP contribution in [0.4, 0.5) is 0 Å². The van der Waals surface area contributed by atoms with E-state index in [0.29, 0.717) is 17.9 Å². The van der Waals surface area contributed by atoms with Gasteiger partial charge in [0.05, 0.1) is 11.7 Å². The van der Waals surface area contributed by atoms with Gasteiger partial charge in [-0.25, -0.2) is 9.97 Å². The van der Waals surface area contributed by atoms with Gasteiger partial charge in [-0.15, -0.1) is 0 Å². The van der Waals surface area contributed by atoms with Gasteiger partial charge in [0.25, 0.3) is 0 Å². The van der Waals surface area contributed by atoms with Crippen LogP contribution < -0.4 is 0 Å². The average Bonchev–Trinajstić information content (AvgIpc) is 3.22. The van der Waals surface area contributed by atoms with Gasteiger partial charge in [-0.05, 0) is 38.0 Å². The molecule has 1 aromatic rings. The molecule has 0 spiro atoms. The van der Waals surface area contributed by atoms with Gasteiger partial charge in [-0.1, -0.05) is 25.7 Å². The normalized spacial score (nSPS) is 29.1. The molecular formula is C20H27N3O. The Morgan fingerprint density at radius 1 is 1.12 bits per heavy atom. The Morgan fingerprint density at radius 2 is 1.96 bits per heavy atom. The quantitative estimate of drug-likeness (QED) is 0.843. The van der Waals surface area contributed by atoms with E-state index >= 15 is 0 Å². The highest BCUT2D eigenvalue weighted by atomic mass is 16.2. The minimum atomic E-state index is 0.253. The van der Waals surface area contributed by atoms with E-state index in [-0.39, 0.29) is 6.04 Å². The Kier molecular flexibility index (Phi) is 3.60. The topological polar surface area (TPSA) is 46.1 Å². The third kappa shape index (κ3) is 2.55. The Labute approximate surface area is 144 Å². The molecule has 4 nitrogen and oxygen atoms in total. The molecule has 2 saturated carbocycles. The molecule has 0 aromatic carbocycles. The summed E-state index contributed by atoms with van der Waals surface area (Å²) in [6, 6.07) is 0.642. The molecule has 3 fully saturated rings. The van der Waals surface area contributed by atoms with Crippen molar-refractivity contribution < 1.29 is 4.79 Å². The molecule has 0 radical (unpaired) electrons. The number of carbonyl (C=O) groups is 1. The van der Waals surface area contributed by atoms with Crippen molar-refractivity contribution in [3.63, 3.8) is 0 Å². The first-order chi connectivity index (χ1) is 11.8. The number of hydrogen-bond donors (Lipinski definition) is 0. The first kappa shape index (κ1) is 14.9. The SMILES string of the molecule is O=C(CCC1CCCC1)N1C2CCC1c1cnc(C3CC3)nc1C2. The summed E-state index contributed by atoms with van der Waals surface area (Å²) in [4.78, 5) is 24.6. The Bertz CT molecular complexity index is 648. The van der Waals surface area contributed by atoms with E-state index in [1.54, 1.807) is 0 Å². The maximum atomic E-state index is 12.9. The highest BCUT2D eigenvalue weighted by molar-refractivity contribution is 5.78. The summed E-state index contributed by atoms with van der Waals surface area (Å²) in [6.07, 6.45) is 14.9. The van der Waals surface area contributed by atoms with Crippen molar-refractivity contribution in [2.45, 2.75) is 88.6 Å². The molecule has 4 aliphatic rings. The molecule has 2 unspecified atom stereocenters. The smallest absolute Gasteiger partial charge is 0.223 e. The van der Waals surface area contributed by atoms with Crippen LogP contribution >= 0.6 is 0 Å². The zero-order valence-corrected chi connectivity index (χ0v) is 14.4. The summed E-state index contributed by atoms with van der Waals surface area (Å²) in [5.41, 5.74) is 2.47. The van der Waals surface area contributed by atoms with Crippen LogP contribution in [0.5, 0.6) is 0 Å². The molecule has 24 heavy (non-hydrogen) atoms. The molecule has 1 saturated heterocycles. The fourth-order valence-electron chi connectivity index (χ4n) is 5.17. The molecule has 5 rings (SSSR count). The van der Waals surface area contributed by atoms with E-state index < -0.39 is 0 Å². The van der Waals surface area contributed by atoms with E-state index in [0.717, 1.165) is 43.8 Å². The van der Waals surface area contributed by atoms with Gasteiger partial charge in [-0.2, -0.15) is 0 Å². The summed E-state index contributed by atoms with van der Waals surface area (Å²) >= 11 is 0. The minimum absolute atomic E-state index is 0.253. The van der Waals surface area contributed by atoms with E-state index in [9.17, 15) is 4.79 Å². The summed E-state index contributed by atoms with van der Waals surface area (Å²) in [7, 11) is 0. The maximum Gasteiger partial charge on any atom is 0.223 e. The highest BCUT2D eigenvalue weighted by Crippen LogP contribution is 2.45. The van der Waals surface area contributed by atoms with Crippen molar-refractivity contribution in [2.75, 3.05) is 0 Å². The Hall–Kier alpha value is -1.45. The maximum absolute atomic E-state index is 12.9. The van der Waals surface area contributed by atoms with Crippen LogP contribution in [0.1, 0.15) is 93.2 Å². The predicted molar refractivity (Wildman–Crippen MR) is 91.5 cm³/mol. The second-order valence-corrected chi connectivity index (χ2v) is 8.35. The fraction of sp³-hybridized carbons (Fsp3) is 0.750. The van der Waals surface area contributed by atoms with Crippen LogP contribution in [0.25, 0.3) is 0 Å². The highest BCUT2D eigenvalue weighted by Gasteiger charge is 2.43. The number of hydrogen-bond acceptors (Lipinski definition) is 3. The zero-order valence-electron chi connectivity index (χ0n) is 14.4. The monoisotopic (exact) mass is 325 g/mol. The first-order valence-corrected chi connectivity index (χ1v) is 9.96.